The Balaban J connectivity index is 3.71. The van der Waals surface area contributed by atoms with Gasteiger partial charge in [0, 0.05) is 31.8 Å². The highest BCUT2D eigenvalue weighted by molar-refractivity contribution is 4.75. The molecule has 122 valence electrons. The predicted octanol–water partition coefficient (Wildman–Crippen LogP) is 4.11. The molecule has 0 atom stereocenters. The van der Waals surface area contributed by atoms with Crippen molar-refractivity contribution in [2.24, 2.45) is 0 Å². The van der Waals surface area contributed by atoms with Crippen molar-refractivity contribution in [1.29, 1.82) is 0 Å². The fourth-order valence-corrected chi connectivity index (χ4v) is 2.11. The van der Waals surface area contributed by atoms with Gasteiger partial charge in [-0.3, -0.25) is 4.90 Å². The lowest BCUT2D eigenvalue weighted by Crippen LogP contribution is -2.45. The summed E-state index contributed by atoms with van der Waals surface area (Å²) in [4.78, 5) is 2.45. The van der Waals surface area contributed by atoms with Crippen molar-refractivity contribution < 1.29 is 9.47 Å². The molecular formula is C17H37NO2. The van der Waals surface area contributed by atoms with Gasteiger partial charge in [0.15, 0.2) is 0 Å². The van der Waals surface area contributed by atoms with E-state index in [0.717, 1.165) is 45.9 Å². The summed E-state index contributed by atoms with van der Waals surface area (Å²) in [5.74, 6) is 0. The number of unbranched alkanes of at least 4 members (excludes halogenated alkanes) is 3. The van der Waals surface area contributed by atoms with Crippen LogP contribution in [0.15, 0.2) is 0 Å². The Hall–Kier alpha value is -0.120. The second kappa shape index (κ2) is 12.6. The first-order chi connectivity index (χ1) is 9.52. The molecule has 0 aliphatic rings. The van der Waals surface area contributed by atoms with E-state index in [1.807, 2.05) is 0 Å². The monoisotopic (exact) mass is 287 g/mol. The third-order valence-electron chi connectivity index (χ3n) is 3.45. The van der Waals surface area contributed by atoms with Gasteiger partial charge in [0.2, 0.25) is 0 Å². The van der Waals surface area contributed by atoms with Crippen LogP contribution in [-0.4, -0.2) is 50.0 Å². The van der Waals surface area contributed by atoms with Gasteiger partial charge in [-0.15, -0.1) is 0 Å². The molecule has 3 nitrogen and oxygen atoms in total. The highest BCUT2D eigenvalue weighted by Gasteiger charge is 2.20. The van der Waals surface area contributed by atoms with Crippen molar-refractivity contribution in [2.45, 2.75) is 72.3 Å². The standard InChI is InChI=1S/C17H37NO2/c1-6-8-9-10-14-20-16-12-18(17(3,4)5)11-15-19-13-7-2/h6-16H2,1-5H3. The van der Waals surface area contributed by atoms with Crippen LogP contribution >= 0.6 is 0 Å². The van der Waals surface area contributed by atoms with Gasteiger partial charge < -0.3 is 9.47 Å². The third kappa shape index (κ3) is 11.7. The fourth-order valence-electron chi connectivity index (χ4n) is 2.11. The maximum Gasteiger partial charge on any atom is 0.0593 e. The van der Waals surface area contributed by atoms with E-state index in [-0.39, 0.29) is 5.54 Å². The van der Waals surface area contributed by atoms with Gasteiger partial charge in [-0.1, -0.05) is 33.1 Å². The summed E-state index contributed by atoms with van der Waals surface area (Å²) in [6.45, 7) is 16.6. The van der Waals surface area contributed by atoms with E-state index in [4.69, 9.17) is 9.47 Å². The molecule has 0 radical (unpaired) electrons. The van der Waals surface area contributed by atoms with Crippen molar-refractivity contribution in [3.8, 4) is 0 Å². The van der Waals surface area contributed by atoms with E-state index >= 15 is 0 Å². The van der Waals surface area contributed by atoms with Crippen LogP contribution in [0.3, 0.4) is 0 Å². The summed E-state index contributed by atoms with van der Waals surface area (Å²) in [7, 11) is 0. The molecule has 0 saturated carbocycles. The number of hydrogen-bond donors (Lipinski definition) is 0. The molecule has 0 aromatic heterocycles. The van der Waals surface area contributed by atoms with Crippen LogP contribution in [-0.2, 0) is 9.47 Å². The minimum Gasteiger partial charge on any atom is -0.380 e. The lowest BCUT2D eigenvalue weighted by Gasteiger charge is -2.35. The summed E-state index contributed by atoms with van der Waals surface area (Å²) in [5, 5.41) is 0. The van der Waals surface area contributed by atoms with Crippen LogP contribution in [0.5, 0.6) is 0 Å². The molecule has 0 heterocycles. The van der Waals surface area contributed by atoms with Gasteiger partial charge in [0.05, 0.1) is 13.2 Å². The Morgan fingerprint density at radius 1 is 0.700 bits per heavy atom. The first-order valence-electron chi connectivity index (χ1n) is 8.42. The van der Waals surface area contributed by atoms with E-state index in [9.17, 15) is 0 Å². The summed E-state index contributed by atoms with van der Waals surface area (Å²) in [6, 6.07) is 0. The van der Waals surface area contributed by atoms with Crippen LogP contribution in [0, 0.1) is 0 Å². The number of nitrogens with zero attached hydrogens (tertiary/aromatic N) is 1. The topological polar surface area (TPSA) is 21.7 Å². The van der Waals surface area contributed by atoms with Crippen LogP contribution < -0.4 is 0 Å². The van der Waals surface area contributed by atoms with Crippen molar-refractivity contribution in [2.75, 3.05) is 39.5 Å². The quantitative estimate of drug-likeness (QED) is 0.476. The van der Waals surface area contributed by atoms with Crippen LogP contribution in [0.25, 0.3) is 0 Å². The van der Waals surface area contributed by atoms with Crippen LogP contribution in [0.2, 0.25) is 0 Å². The molecule has 0 aromatic carbocycles. The van der Waals surface area contributed by atoms with E-state index in [1.165, 1.54) is 25.7 Å². The number of ether oxygens (including phenoxy) is 2. The van der Waals surface area contributed by atoms with Crippen molar-refractivity contribution >= 4 is 0 Å². The van der Waals surface area contributed by atoms with E-state index < -0.39 is 0 Å². The largest absolute Gasteiger partial charge is 0.380 e. The molecule has 0 aliphatic heterocycles. The molecule has 0 fully saturated rings. The lowest BCUT2D eigenvalue weighted by molar-refractivity contribution is 0.0351. The Bertz CT molecular complexity index is 202. The van der Waals surface area contributed by atoms with Crippen molar-refractivity contribution in [3.63, 3.8) is 0 Å². The summed E-state index contributed by atoms with van der Waals surface area (Å²) in [5.41, 5.74) is 0.182. The minimum absolute atomic E-state index is 0.182. The molecule has 0 amide bonds. The molecular weight excluding hydrogens is 250 g/mol. The Morgan fingerprint density at radius 3 is 1.80 bits per heavy atom. The van der Waals surface area contributed by atoms with Gasteiger partial charge in [-0.05, 0) is 33.6 Å². The third-order valence-corrected chi connectivity index (χ3v) is 3.45. The fraction of sp³-hybridized carbons (Fsp3) is 1.00. The normalized spacial score (nSPS) is 12.3. The zero-order valence-corrected chi connectivity index (χ0v) is 14.5. The molecule has 0 rings (SSSR count). The molecule has 20 heavy (non-hydrogen) atoms. The highest BCUT2D eigenvalue weighted by atomic mass is 16.5. The summed E-state index contributed by atoms with van der Waals surface area (Å²) < 4.78 is 11.3. The molecule has 0 N–H and O–H groups in total. The van der Waals surface area contributed by atoms with Gasteiger partial charge in [0.1, 0.15) is 0 Å². The zero-order chi connectivity index (χ0) is 15.3. The van der Waals surface area contributed by atoms with Crippen molar-refractivity contribution in [1.82, 2.24) is 4.90 Å². The Morgan fingerprint density at radius 2 is 1.30 bits per heavy atom. The van der Waals surface area contributed by atoms with E-state index in [0.29, 0.717) is 0 Å². The van der Waals surface area contributed by atoms with Gasteiger partial charge in [-0.2, -0.15) is 0 Å². The predicted molar refractivity (Wildman–Crippen MR) is 87.4 cm³/mol. The molecule has 0 bridgehead atoms. The smallest absolute Gasteiger partial charge is 0.0593 e. The average molecular weight is 287 g/mol. The summed E-state index contributed by atoms with van der Waals surface area (Å²) in [6.07, 6.45) is 6.20. The van der Waals surface area contributed by atoms with E-state index in [2.05, 4.69) is 39.5 Å². The van der Waals surface area contributed by atoms with Crippen LogP contribution in [0.1, 0.15) is 66.7 Å². The average Bonchev–Trinajstić information content (AvgIpc) is 2.38. The zero-order valence-electron chi connectivity index (χ0n) is 14.5. The summed E-state index contributed by atoms with van der Waals surface area (Å²) >= 11 is 0. The lowest BCUT2D eigenvalue weighted by atomic mass is 10.1. The molecule has 0 saturated heterocycles. The van der Waals surface area contributed by atoms with Gasteiger partial charge in [-0.25, -0.2) is 0 Å². The molecule has 0 unspecified atom stereocenters. The maximum absolute atomic E-state index is 5.75. The SMILES string of the molecule is CCCCCCOCCN(CCOCCC)C(C)(C)C. The van der Waals surface area contributed by atoms with Crippen molar-refractivity contribution in [3.05, 3.63) is 0 Å². The molecule has 0 aliphatic carbocycles. The minimum atomic E-state index is 0.182. The van der Waals surface area contributed by atoms with Gasteiger partial charge in [0.25, 0.3) is 0 Å². The second-order valence-electron chi connectivity index (χ2n) is 6.44. The number of rotatable bonds is 13. The first kappa shape index (κ1) is 19.9. The van der Waals surface area contributed by atoms with Crippen LogP contribution in [0.4, 0.5) is 0 Å². The molecule has 0 spiro atoms. The Kier molecular flexibility index (Phi) is 12.5. The molecule has 0 aromatic rings. The maximum atomic E-state index is 5.75. The number of hydrogen-bond acceptors (Lipinski definition) is 3. The van der Waals surface area contributed by atoms with Gasteiger partial charge >= 0.3 is 0 Å². The second-order valence-corrected chi connectivity index (χ2v) is 6.44. The van der Waals surface area contributed by atoms with E-state index in [1.54, 1.807) is 0 Å². The molecule has 3 heteroatoms. The first-order valence-corrected chi connectivity index (χ1v) is 8.42. The highest BCUT2D eigenvalue weighted by Crippen LogP contribution is 2.12. The Labute approximate surface area is 127 Å².